The van der Waals surface area contributed by atoms with Crippen LogP contribution in [-0.4, -0.2) is 33.3 Å². The van der Waals surface area contributed by atoms with Gasteiger partial charge in [0.05, 0.1) is 29.1 Å². The predicted molar refractivity (Wildman–Crippen MR) is 101 cm³/mol. The molecule has 0 fully saturated rings. The van der Waals surface area contributed by atoms with Crippen molar-refractivity contribution in [1.29, 1.82) is 0 Å². The summed E-state index contributed by atoms with van der Waals surface area (Å²) in [6.07, 6.45) is 2.06. The first-order chi connectivity index (χ1) is 12.2. The molecule has 140 valence electrons. The summed E-state index contributed by atoms with van der Waals surface area (Å²) in [5.41, 5.74) is 4.30. The van der Waals surface area contributed by atoms with Gasteiger partial charge in [-0.2, -0.15) is 5.10 Å². The van der Waals surface area contributed by atoms with Gasteiger partial charge in [-0.1, -0.05) is 26.0 Å². The van der Waals surface area contributed by atoms with Crippen molar-refractivity contribution in [3.63, 3.8) is 0 Å². The number of amides is 1. The number of carbonyl (C=O) groups excluding carboxylic acids is 1. The Labute approximate surface area is 154 Å². The van der Waals surface area contributed by atoms with E-state index in [0.29, 0.717) is 12.0 Å². The molecule has 1 heterocycles. The van der Waals surface area contributed by atoms with E-state index in [9.17, 15) is 14.7 Å². The molecule has 0 saturated heterocycles. The van der Waals surface area contributed by atoms with Gasteiger partial charge in [0.15, 0.2) is 0 Å². The lowest BCUT2D eigenvalue weighted by Crippen LogP contribution is -2.33. The van der Waals surface area contributed by atoms with Crippen LogP contribution in [0.25, 0.3) is 5.69 Å². The second-order valence-corrected chi connectivity index (χ2v) is 7.22. The van der Waals surface area contributed by atoms with E-state index in [4.69, 9.17) is 0 Å². The zero-order valence-electron chi connectivity index (χ0n) is 16.0. The largest absolute Gasteiger partial charge is 0.481 e. The fourth-order valence-corrected chi connectivity index (χ4v) is 2.97. The van der Waals surface area contributed by atoms with Crippen molar-refractivity contribution < 1.29 is 14.7 Å². The lowest BCUT2D eigenvalue weighted by atomic mass is 9.97. The number of carboxylic acids is 1. The first-order valence-corrected chi connectivity index (χ1v) is 8.84. The van der Waals surface area contributed by atoms with Crippen molar-refractivity contribution in [2.24, 2.45) is 11.8 Å². The average molecular weight is 357 g/mol. The van der Waals surface area contributed by atoms with Gasteiger partial charge in [0.25, 0.3) is 5.91 Å². The van der Waals surface area contributed by atoms with Gasteiger partial charge in [0.1, 0.15) is 0 Å². The van der Waals surface area contributed by atoms with Crippen molar-refractivity contribution in [3.05, 3.63) is 46.8 Å². The summed E-state index contributed by atoms with van der Waals surface area (Å²) >= 11 is 0. The predicted octanol–water partition coefficient (Wildman–Crippen LogP) is 3.27. The molecule has 26 heavy (non-hydrogen) atoms. The molecule has 1 aromatic heterocycles. The van der Waals surface area contributed by atoms with Crippen LogP contribution in [-0.2, 0) is 4.79 Å². The van der Waals surface area contributed by atoms with Crippen molar-refractivity contribution in [3.8, 4) is 5.69 Å². The standard InChI is InChI=1S/C20H27N3O3/c1-12(2)8-16(20(25)26)10-21-19(24)17-11-22-23(15(17)5)18-9-13(3)6-7-14(18)4/h6-7,9,11-12,16H,8,10H2,1-5H3,(H,21,24)(H,25,26). The Morgan fingerprint density at radius 3 is 2.54 bits per heavy atom. The van der Waals surface area contributed by atoms with Gasteiger partial charge in [-0.05, 0) is 50.3 Å². The number of benzene rings is 1. The van der Waals surface area contributed by atoms with Crippen LogP contribution in [0.3, 0.4) is 0 Å². The lowest BCUT2D eigenvalue weighted by molar-refractivity contribution is -0.142. The van der Waals surface area contributed by atoms with Gasteiger partial charge < -0.3 is 10.4 Å². The Morgan fingerprint density at radius 1 is 1.23 bits per heavy atom. The van der Waals surface area contributed by atoms with Gasteiger partial charge in [-0.15, -0.1) is 0 Å². The summed E-state index contributed by atoms with van der Waals surface area (Å²) in [4.78, 5) is 23.9. The fourth-order valence-electron chi connectivity index (χ4n) is 2.97. The SMILES string of the molecule is Cc1ccc(C)c(-n2ncc(C(=O)NCC(CC(C)C)C(=O)O)c2C)c1. The molecule has 2 N–H and O–H groups in total. The topological polar surface area (TPSA) is 84.2 Å². The Morgan fingerprint density at radius 2 is 1.92 bits per heavy atom. The zero-order chi connectivity index (χ0) is 19.4. The molecular formula is C20H27N3O3. The Kier molecular flexibility index (Phi) is 6.18. The van der Waals surface area contributed by atoms with Crippen LogP contribution in [0.5, 0.6) is 0 Å². The van der Waals surface area contributed by atoms with Crippen LogP contribution in [0.4, 0.5) is 0 Å². The molecule has 0 saturated carbocycles. The fraction of sp³-hybridized carbons (Fsp3) is 0.450. The number of carbonyl (C=O) groups is 2. The highest BCUT2D eigenvalue weighted by molar-refractivity contribution is 5.95. The third-order valence-electron chi connectivity index (χ3n) is 4.46. The van der Waals surface area contributed by atoms with Gasteiger partial charge in [0.2, 0.25) is 0 Å². The highest BCUT2D eigenvalue weighted by Crippen LogP contribution is 2.19. The van der Waals surface area contributed by atoms with Crippen molar-refractivity contribution in [1.82, 2.24) is 15.1 Å². The van der Waals surface area contributed by atoms with E-state index in [0.717, 1.165) is 22.5 Å². The summed E-state index contributed by atoms with van der Waals surface area (Å²) in [5, 5.41) is 16.4. The number of aromatic nitrogens is 2. The van der Waals surface area contributed by atoms with Crippen molar-refractivity contribution >= 4 is 11.9 Å². The van der Waals surface area contributed by atoms with Crippen LogP contribution in [0, 0.1) is 32.6 Å². The van der Waals surface area contributed by atoms with Gasteiger partial charge in [0, 0.05) is 6.54 Å². The molecule has 0 aliphatic heterocycles. The van der Waals surface area contributed by atoms with Crippen molar-refractivity contribution in [2.45, 2.75) is 41.0 Å². The number of carboxylic acid groups (broad SMARTS) is 1. The molecule has 2 aromatic rings. The number of aliphatic carboxylic acids is 1. The number of hydrogen-bond donors (Lipinski definition) is 2. The third-order valence-corrected chi connectivity index (χ3v) is 4.46. The summed E-state index contributed by atoms with van der Waals surface area (Å²) < 4.78 is 1.75. The monoisotopic (exact) mass is 357 g/mol. The second kappa shape index (κ2) is 8.17. The maximum Gasteiger partial charge on any atom is 0.308 e. The Hall–Kier alpha value is -2.63. The van der Waals surface area contributed by atoms with Crippen LogP contribution in [0.15, 0.2) is 24.4 Å². The van der Waals surface area contributed by atoms with Crippen LogP contribution in [0.2, 0.25) is 0 Å². The quantitative estimate of drug-likeness (QED) is 0.796. The maximum atomic E-state index is 12.5. The summed E-state index contributed by atoms with van der Waals surface area (Å²) in [7, 11) is 0. The minimum absolute atomic E-state index is 0.112. The molecule has 0 aliphatic carbocycles. The number of nitrogens with one attached hydrogen (secondary N) is 1. The van der Waals surface area contributed by atoms with E-state index in [1.165, 1.54) is 6.20 Å². The minimum atomic E-state index is -0.887. The van der Waals surface area contributed by atoms with E-state index in [1.807, 2.05) is 52.8 Å². The number of nitrogens with zero attached hydrogens (tertiary/aromatic N) is 2. The minimum Gasteiger partial charge on any atom is -0.481 e. The smallest absolute Gasteiger partial charge is 0.308 e. The number of hydrogen-bond acceptors (Lipinski definition) is 3. The normalized spacial score (nSPS) is 12.2. The molecule has 6 nitrogen and oxygen atoms in total. The Bertz CT molecular complexity index is 809. The highest BCUT2D eigenvalue weighted by atomic mass is 16.4. The molecule has 0 bridgehead atoms. The molecule has 1 unspecified atom stereocenters. The van der Waals surface area contributed by atoms with E-state index >= 15 is 0 Å². The highest BCUT2D eigenvalue weighted by Gasteiger charge is 2.22. The molecule has 6 heteroatoms. The first-order valence-electron chi connectivity index (χ1n) is 8.84. The van der Waals surface area contributed by atoms with Crippen molar-refractivity contribution in [2.75, 3.05) is 6.54 Å². The molecule has 1 atom stereocenters. The maximum absolute atomic E-state index is 12.5. The average Bonchev–Trinajstić information content (AvgIpc) is 2.94. The summed E-state index contributed by atoms with van der Waals surface area (Å²) in [5.74, 6) is -1.52. The lowest BCUT2D eigenvalue weighted by Gasteiger charge is -2.15. The van der Waals surface area contributed by atoms with E-state index < -0.39 is 11.9 Å². The van der Waals surface area contributed by atoms with Gasteiger partial charge >= 0.3 is 5.97 Å². The van der Waals surface area contributed by atoms with Crippen LogP contribution in [0.1, 0.15) is 47.4 Å². The molecule has 0 aliphatic rings. The first kappa shape index (κ1) is 19.7. The summed E-state index contributed by atoms with van der Waals surface area (Å²) in [6, 6.07) is 6.08. The molecule has 0 radical (unpaired) electrons. The zero-order valence-corrected chi connectivity index (χ0v) is 16.0. The molecule has 2 rings (SSSR count). The number of aryl methyl sites for hydroxylation is 2. The Balaban J connectivity index is 2.17. The molecular weight excluding hydrogens is 330 g/mol. The van der Waals surface area contributed by atoms with Crippen LogP contribution < -0.4 is 5.32 Å². The van der Waals surface area contributed by atoms with E-state index in [-0.39, 0.29) is 18.4 Å². The van der Waals surface area contributed by atoms with Gasteiger partial charge in [-0.25, -0.2) is 4.68 Å². The second-order valence-electron chi connectivity index (χ2n) is 7.22. The number of rotatable bonds is 7. The molecule has 1 aromatic carbocycles. The van der Waals surface area contributed by atoms with E-state index in [2.05, 4.69) is 10.4 Å². The summed E-state index contributed by atoms with van der Waals surface area (Å²) in [6.45, 7) is 9.90. The molecule has 0 spiro atoms. The van der Waals surface area contributed by atoms with E-state index in [1.54, 1.807) is 4.68 Å². The van der Waals surface area contributed by atoms with Gasteiger partial charge in [-0.3, -0.25) is 9.59 Å². The third kappa shape index (κ3) is 4.50. The molecule has 1 amide bonds. The van der Waals surface area contributed by atoms with Crippen LogP contribution >= 0.6 is 0 Å².